The standard InChI is InChI=1S/C37H67NO13/c1-14-25-37(10,45)30(41)20(4)27(39)18(2)16-35(8,43)31(51-34-28(40)24(38(11)12)15-19(3)47-34)21(5)29(22(6)33(42)49-25)50-26-17-36(9,44)32(46-13)23(7)48-26/h18-26,28-32,34,40-41,43-45H,14-17H2,1-13H3/t18-,19-,20+,21+,22-,23+,24+,25-,26+,28-,29+,30-,31-,32+,34+,35-,36-,37-/m1/s1. The smallest absolute Gasteiger partial charge is 0.311 e. The Labute approximate surface area is 304 Å². The van der Waals surface area contributed by atoms with E-state index in [1.165, 1.54) is 27.9 Å². The van der Waals surface area contributed by atoms with Crippen LogP contribution in [0, 0.1) is 23.7 Å². The highest BCUT2D eigenvalue weighted by molar-refractivity contribution is 5.83. The Kier molecular flexibility index (Phi) is 14.7. The number of esters is 1. The van der Waals surface area contributed by atoms with E-state index in [0.717, 1.165) is 0 Å². The van der Waals surface area contributed by atoms with Crippen molar-refractivity contribution in [3.05, 3.63) is 0 Å². The largest absolute Gasteiger partial charge is 0.459 e. The van der Waals surface area contributed by atoms with E-state index in [-0.39, 0.29) is 31.4 Å². The van der Waals surface area contributed by atoms with Gasteiger partial charge in [0.2, 0.25) is 0 Å². The van der Waals surface area contributed by atoms with Gasteiger partial charge >= 0.3 is 5.97 Å². The average molecular weight is 734 g/mol. The van der Waals surface area contributed by atoms with Gasteiger partial charge in [-0.15, -0.1) is 0 Å². The number of aliphatic hydroxyl groups excluding tert-OH is 2. The van der Waals surface area contributed by atoms with Gasteiger partial charge in [0.05, 0.1) is 47.6 Å². The predicted molar refractivity (Wildman–Crippen MR) is 186 cm³/mol. The number of nitrogens with zero attached hydrogens (tertiary/aromatic N) is 1. The maximum atomic E-state index is 14.1. The van der Waals surface area contributed by atoms with Crippen LogP contribution in [0.5, 0.6) is 0 Å². The van der Waals surface area contributed by atoms with Gasteiger partial charge in [0, 0.05) is 37.3 Å². The van der Waals surface area contributed by atoms with Crippen molar-refractivity contribution in [2.75, 3.05) is 21.2 Å². The lowest BCUT2D eigenvalue weighted by Crippen LogP contribution is -2.61. The van der Waals surface area contributed by atoms with Gasteiger partial charge in [-0.2, -0.15) is 0 Å². The number of ketones is 1. The van der Waals surface area contributed by atoms with Crippen LogP contribution < -0.4 is 0 Å². The van der Waals surface area contributed by atoms with Crippen molar-refractivity contribution < 1.29 is 63.5 Å². The first-order chi connectivity index (χ1) is 23.4. The number of ether oxygens (including phenoxy) is 6. The Hall–Kier alpha value is -1.30. The van der Waals surface area contributed by atoms with Gasteiger partial charge in [0.15, 0.2) is 12.6 Å². The fraction of sp³-hybridized carbons (Fsp3) is 0.946. The lowest BCUT2D eigenvalue weighted by atomic mass is 9.74. The first kappa shape index (κ1) is 44.1. The zero-order valence-corrected chi connectivity index (χ0v) is 32.9. The summed E-state index contributed by atoms with van der Waals surface area (Å²) in [7, 11) is 5.17. The van der Waals surface area contributed by atoms with Crippen LogP contribution in [0.4, 0.5) is 0 Å². The molecule has 0 saturated carbocycles. The van der Waals surface area contributed by atoms with Crippen LogP contribution in [0.2, 0.25) is 0 Å². The summed E-state index contributed by atoms with van der Waals surface area (Å²) >= 11 is 0. The molecule has 0 aliphatic carbocycles. The van der Waals surface area contributed by atoms with E-state index in [2.05, 4.69) is 0 Å². The molecule has 3 rings (SSSR count). The van der Waals surface area contributed by atoms with Crippen molar-refractivity contribution in [2.45, 2.75) is 179 Å². The quantitative estimate of drug-likeness (QED) is 0.238. The fourth-order valence-corrected chi connectivity index (χ4v) is 8.66. The van der Waals surface area contributed by atoms with Gasteiger partial charge in [-0.3, -0.25) is 9.59 Å². The second kappa shape index (κ2) is 17.0. The van der Waals surface area contributed by atoms with Crippen LogP contribution in [0.25, 0.3) is 0 Å². The number of aliphatic hydroxyl groups is 5. The van der Waals surface area contributed by atoms with Crippen LogP contribution >= 0.6 is 0 Å². The number of carbonyl (C=O) groups excluding carboxylic acids is 2. The molecule has 0 aromatic carbocycles. The van der Waals surface area contributed by atoms with Gasteiger partial charge in [-0.05, 0) is 74.9 Å². The fourth-order valence-electron chi connectivity index (χ4n) is 8.66. The first-order valence-electron chi connectivity index (χ1n) is 18.5. The molecule has 3 fully saturated rings. The van der Waals surface area contributed by atoms with Crippen molar-refractivity contribution in [3.8, 4) is 0 Å². The monoisotopic (exact) mass is 733 g/mol. The second-order valence-corrected chi connectivity index (χ2v) is 16.5. The summed E-state index contributed by atoms with van der Waals surface area (Å²) in [4.78, 5) is 29.7. The molecule has 3 saturated heterocycles. The number of hydrogen-bond acceptors (Lipinski definition) is 14. The molecular formula is C37H67NO13. The highest BCUT2D eigenvalue weighted by Crippen LogP contribution is 2.40. The topological polar surface area (TPSA) is 194 Å². The lowest BCUT2D eigenvalue weighted by molar-refractivity contribution is -0.317. The van der Waals surface area contributed by atoms with Crippen molar-refractivity contribution in [3.63, 3.8) is 0 Å². The van der Waals surface area contributed by atoms with Gasteiger partial charge in [0.25, 0.3) is 0 Å². The number of Topliss-reactive ketones (excluding diaryl/α,β-unsaturated/α-hetero) is 1. The summed E-state index contributed by atoms with van der Waals surface area (Å²) in [6.07, 6.45) is -9.49. The van der Waals surface area contributed by atoms with Crippen LogP contribution in [0.15, 0.2) is 0 Å². The highest BCUT2D eigenvalue weighted by atomic mass is 16.7. The lowest BCUT2D eigenvalue weighted by Gasteiger charge is -2.49. The average Bonchev–Trinajstić information content (AvgIpc) is 3.02. The molecule has 0 aromatic heterocycles. The second-order valence-electron chi connectivity index (χ2n) is 16.5. The molecular weight excluding hydrogens is 666 g/mol. The summed E-state index contributed by atoms with van der Waals surface area (Å²) in [5, 5.41) is 58.0. The normalized spacial score (nSPS) is 49.7. The molecule has 18 atom stereocenters. The van der Waals surface area contributed by atoms with Crippen molar-refractivity contribution in [1.82, 2.24) is 4.90 Å². The van der Waals surface area contributed by atoms with Crippen LogP contribution in [0.1, 0.15) is 94.9 Å². The van der Waals surface area contributed by atoms with Crippen molar-refractivity contribution in [2.24, 2.45) is 23.7 Å². The van der Waals surface area contributed by atoms with Crippen LogP contribution in [-0.2, 0) is 38.0 Å². The molecule has 0 radical (unpaired) electrons. The molecule has 0 amide bonds. The molecule has 3 aliphatic rings. The molecule has 0 spiro atoms. The Morgan fingerprint density at radius 2 is 1.45 bits per heavy atom. The number of rotatable bonds is 7. The van der Waals surface area contributed by atoms with Crippen LogP contribution in [-0.4, -0.2) is 148 Å². The summed E-state index contributed by atoms with van der Waals surface area (Å²) in [5.74, 6) is -5.01. The third-order valence-electron chi connectivity index (χ3n) is 11.6. The number of methoxy groups -OCH3 is 1. The van der Waals surface area contributed by atoms with Crippen LogP contribution in [0.3, 0.4) is 0 Å². The van der Waals surface area contributed by atoms with Gasteiger partial charge in [-0.1, -0.05) is 27.7 Å². The Morgan fingerprint density at radius 3 is 1.98 bits per heavy atom. The number of cyclic esters (lactones) is 1. The minimum absolute atomic E-state index is 0.0167. The SMILES string of the molecule is CC[C@H]1OC(=O)[C@H](C)[C@@H](O[C@H]2C[C@@](C)(O)[C@@H](OC)[C@H](C)O2)[C@H](C)[C@@H](O[C@@H]2O[C@H](C)C[C@H](N(C)C)[C@H]2O)[C@](C)(O)C[C@@H](C)C(=O)[C@H](C)[C@@H](O)[C@]1(C)O. The Balaban J connectivity index is 2.17. The molecule has 3 aliphatic heterocycles. The third-order valence-corrected chi connectivity index (χ3v) is 11.6. The van der Waals surface area contributed by atoms with E-state index in [4.69, 9.17) is 28.4 Å². The molecule has 51 heavy (non-hydrogen) atoms. The molecule has 14 nitrogen and oxygen atoms in total. The van der Waals surface area contributed by atoms with Crippen molar-refractivity contribution in [1.29, 1.82) is 0 Å². The minimum Gasteiger partial charge on any atom is -0.459 e. The molecule has 5 N–H and O–H groups in total. The maximum absolute atomic E-state index is 14.1. The maximum Gasteiger partial charge on any atom is 0.311 e. The summed E-state index contributed by atoms with van der Waals surface area (Å²) < 4.78 is 36.9. The zero-order chi connectivity index (χ0) is 39.0. The van der Waals surface area contributed by atoms with Gasteiger partial charge in [0.1, 0.15) is 29.7 Å². The van der Waals surface area contributed by atoms with Gasteiger partial charge in [-0.25, -0.2) is 0 Å². The Morgan fingerprint density at radius 1 is 0.863 bits per heavy atom. The van der Waals surface area contributed by atoms with E-state index in [9.17, 15) is 35.1 Å². The van der Waals surface area contributed by atoms with Gasteiger partial charge < -0.3 is 58.9 Å². The summed E-state index contributed by atoms with van der Waals surface area (Å²) in [6, 6.07) is -0.326. The minimum atomic E-state index is -2.00. The molecule has 0 aromatic rings. The third kappa shape index (κ3) is 9.69. The molecule has 14 heteroatoms. The molecule has 0 unspecified atom stereocenters. The number of carbonyl (C=O) groups is 2. The number of likely N-dealkylation sites (N-methyl/N-ethyl adjacent to an activating group) is 1. The predicted octanol–water partition coefficient (Wildman–Crippen LogP) is 1.79. The van der Waals surface area contributed by atoms with E-state index < -0.39 is 108 Å². The molecule has 298 valence electrons. The Bertz CT molecular complexity index is 1160. The van der Waals surface area contributed by atoms with E-state index in [1.807, 2.05) is 25.9 Å². The number of hydrogen-bond donors (Lipinski definition) is 5. The zero-order valence-electron chi connectivity index (χ0n) is 32.9. The molecule has 3 heterocycles. The summed E-state index contributed by atoms with van der Waals surface area (Å²) in [6.45, 7) is 16.2. The highest BCUT2D eigenvalue weighted by Gasteiger charge is 2.53. The van der Waals surface area contributed by atoms with Crippen molar-refractivity contribution >= 4 is 11.8 Å². The summed E-state index contributed by atoms with van der Waals surface area (Å²) in [5.41, 5.74) is -5.16. The first-order valence-corrected chi connectivity index (χ1v) is 18.5. The van der Waals surface area contributed by atoms with E-state index in [1.54, 1.807) is 41.5 Å². The van der Waals surface area contributed by atoms with E-state index >= 15 is 0 Å². The molecule has 0 bridgehead atoms. The van der Waals surface area contributed by atoms with E-state index in [0.29, 0.717) is 6.42 Å².